The van der Waals surface area contributed by atoms with Crippen molar-refractivity contribution in [1.82, 2.24) is 4.98 Å². The first kappa shape index (κ1) is 16.1. The molecule has 1 aliphatic heterocycles. The lowest BCUT2D eigenvalue weighted by Crippen LogP contribution is -2.35. The van der Waals surface area contributed by atoms with Gasteiger partial charge in [0.2, 0.25) is 0 Å². The number of hydrogen-bond acceptors (Lipinski definition) is 3. The predicted molar refractivity (Wildman–Crippen MR) is 90.2 cm³/mol. The van der Waals surface area contributed by atoms with E-state index >= 15 is 0 Å². The first-order valence-corrected chi connectivity index (χ1v) is 11.8. The number of aromatic nitrogens is 1. The molecule has 2 heterocycles. The first-order valence-electron chi connectivity index (χ1n) is 6.46. The summed E-state index contributed by atoms with van der Waals surface area (Å²) in [5, 5.41) is 0. The molecule has 0 radical (unpaired) electrons. The number of anilines is 1. The van der Waals surface area contributed by atoms with Gasteiger partial charge < -0.3 is 4.74 Å². The lowest BCUT2D eigenvalue weighted by atomic mass is 10.2. The highest BCUT2D eigenvalue weighted by Gasteiger charge is 2.48. The Morgan fingerprint density at radius 3 is 2.75 bits per heavy atom. The number of alkyl halides is 2. The average Bonchev–Trinajstić information content (AvgIpc) is 2.54. The predicted octanol–water partition coefficient (Wildman–Crippen LogP) is 3.68. The molecule has 0 unspecified atom stereocenters. The number of hydrogen-bond donors (Lipinski definition) is 0. The number of ether oxygens (including phenoxy) is 1. The fourth-order valence-corrected chi connectivity index (χ4v) is 3.70. The van der Waals surface area contributed by atoms with Gasteiger partial charge in [-0.25, -0.2) is 4.98 Å². The summed E-state index contributed by atoms with van der Waals surface area (Å²) in [6.07, 6.45) is 1.68. The number of nitrogens with zero attached hydrogens (tertiary/aromatic N) is 2. The molecule has 2 rings (SSSR count). The normalized spacial score (nSPS) is 17.4. The molecule has 110 valence electrons. The van der Waals surface area contributed by atoms with Gasteiger partial charge >= 0.3 is 0 Å². The van der Waals surface area contributed by atoms with Crippen molar-refractivity contribution in [3.63, 3.8) is 0 Å². The van der Waals surface area contributed by atoms with Gasteiger partial charge in [0.1, 0.15) is 12.5 Å². The SMILES string of the molecule is C[Si](C)(C)CCOCN1C(=O)C(Br)(Br)c2cccnc21. The van der Waals surface area contributed by atoms with Crippen LogP contribution in [0.25, 0.3) is 0 Å². The Kier molecular flexibility index (Phi) is 4.73. The zero-order chi connectivity index (χ0) is 15.0. The molecule has 0 aliphatic carbocycles. The van der Waals surface area contributed by atoms with Gasteiger partial charge in [0.05, 0.1) is 0 Å². The summed E-state index contributed by atoms with van der Waals surface area (Å²) in [6, 6.07) is 4.78. The summed E-state index contributed by atoms with van der Waals surface area (Å²) in [5.41, 5.74) is 0.818. The largest absolute Gasteiger partial charge is 0.361 e. The van der Waals surface area contributed by atoms with Gasteiger partial charge in [-0.3, -0.25) is 9.69 Å². The van der Waals surface area contributed by atoms with E-state index in [2.05, 4.69) is 56.5 Å². The second-order valence-electron chi connectivity index (χ2n) is 6.03. The third-order valence-electron chi connectivity index (χ3n) is 3.11. The van der Waals surface area contributed by atoms with Crippen LogP contribution in [0.15, 0.2) is 18.3 Å². The van der Waals surface area contributed by atoms with Crippen LogP contribution in [0.1, 0.15) is 5.56 Å². The topological polar surface area (TPSA) is 42.4 Å². The van der Waals surface area contributed by atoms with Crippen molar-refractivity contribution < 1.29 is 9.53 Å². The van der Waals surface area contributed by atoms with Crippen molar-refractivity contribution in [3.05, 3.63) is 23.9 Å². The van der Waals surface area contributed by atoms with E-state index in [9.17, 15) is 4.79 Å². The molecule has 0 bridgehead atoms. The molecule has 0 saturated heterocycles. The molecular formula is C13H18Br2N2O2Si. The molecule has 0 saturated carbocycles. The molecule has 0 aromatic carbocycles. The molecule has 1 aliphatic rings. The maximum absolute atomic E-state index is 12.4. The Bertz CT molecular complexity index is 517. The van der Waals surface area contributed by atoms with Gasteiger partial charge in [0, 0.05) is 26.4 Å². The second-order valence-corrected chi connectivity index (χ2v) is 15.1. The molecule has 0 atom stereocenters. The van der Waals surface area contributed by atoms with Crippen LogP contribution in [-0.4, -0.2) is 32.3 Å². The van der Waals surface area contributed by atoms with Gasteiger partial charge in [-0.05, 0) is 12.1 Å². The van der Waals surface area contributed by atoms with E-state index in [1.807, 2.05) is 12.1 Å². The van der Waals surface area contributed by atoms with Crippen LogP contribution in [0.3, 0.4) is 0 Å². The smallest absolute Gasteiger partial charge is 0.262 e. The third-order valence-corrected chi connectivity index (χ3v) is 6.35. The van der Waals surface area contributed by atoms with Gasteiger partial charge in [-0.15, -0.1) is 0 Å². The summed E-state index contributed by atoms with van der Waals surface area (Å²) in [5.74, 6) is 0.554. The highest BCUT2D eigenvalue weighted by Crippen LogP contribution is 2.49. The Morgan fingerprint density at radius 2 is 2.10 bits per heavy atom. The summed E-state index contributed by atoms with van der Waals surface area (Å²) < 4.78 is 4.79. The Labute approximate surface area is 137 Å². The third kappa shape index (κ3) is 3.32. The van der Waals surface area contributed by atoms with Crippen molar-refractivity contribution in [2.24, 2.45) is 0 Å². The lowest BCUT2D eigenvalue weighted by molar-refractivity contribution is -0.119. The zero-order valence-corrected chi connectivity index (χ0v) is 16.0. The maximum Gasteiger partial charge on any atom is 0.262 e. The fraction of sp³-hybridized carbons (Fsp3) is 0.538. The molecule has 20 heavy (non-hydrogen) atoms. The number of pyridine rings is 1. The van der Waals surface area contributed by atoms with E-state index in [1.54, 1.807) is 11.1 Å². The summed E-state index contributed by atoms with van der Waals surface area (Å²) in [6.45, 7) is 7.83. The van der Waals surface area contributed by atoms with Crippen LogP contribution in [0.4, 0.5) is 5.82 Å². The highest BCUT2D eigenvalue weighted by atomic mass is 79.9. The molecule has 0 N–H and O–H groups in total. The van der Waals surface area contributed by atoms with E-state index in [0.717, 1.165) is 11.6 Å². The molecule has 1 amide bonds. The van der Waals surface area contributed by atoms with Crippen molar-refractivity contribution in [1.29, 1.82) is 0 Å². The number of halogens is 2. The summed E-state index contributed by atoms with van der Waals surface area (Å²) >= 11 is 6.85. The van der Waals surface area contributed by atoms with Gasteiger partial charge in [-0.1, -0.05) is 57.6 Å². The van der Waals surface area contributed by atoms with Gasteiger partial charge in [0.25, 0.3) is 5.91 Å². The number of amides is 1. The van der Waals surface area contributed by atoms with Crippen LogP contribution in [-0.2, 0) is 12.8 Å². The van der Waals surface area contributed by atoms with Crippen LogP contribution >= 0.6 is 31.9 Å². The molecule has 1 aromatic heterocycles. The first-order chi connectivity index (χ1) is 9.23. The Hall–Kier alpha value is -0.243. The minimum Gasteiger partial charge on any atom is -0.361 e. The summed E-state index contributed by atoms with van der Waals surface area (Å²) in [7, 11) is -1.11. The van der Waals surface area contributed by atoms with Crippen LogP contribution in [0.5, 0.6) is 0 Å². The lowest BCUT2D eigenvalue weighted by Gasteiger charge is -2.20. The fourth-order valence-electron chi connectivity index (χ4n) is 1.89. The molecular weight excluding hydrogens is 404 g/mol. The van der Waals surface area contributed by atoms with Crippen molar-refractivity contribution >= 4 is 51.7 Å². The number of carbonyl (C=O) groups is 1. The minimum atomic E-state index is -1.11. The van der Waals surface area contributed by atoms with Gasteiger partial charge in [-0.2, -0.15) is 0 Å². The van der Waals surface area contributed by atoms with E-state index in [4.69, 9.17) is 4.74 Å². The van der Waals surface area contributed by atoms with Gasteiger partial charge in [0.15, 0.2) is 3.23 Å². The van der Waals surface area contributed by atoms with Crippen LogP contribution in [0.2, 0.25) is 25.7 Å². The maximum atomic E-state index is 12.4. The molecule has 4 nitrogen and oxygen atoms in total. The number of rotatable bonds is 5. The second kappa shape index (κ2) is 5.86. The molecule has 7 heteroatoms. The van der Waals surface area contributed by atoms with E-state index in [1.165, 1.54) is 0 Å². The van der Waals surface area contributed by atoms with Crippen molar-refractivity contribution in [2.75, 3.05) is 18.2 Å². The Morgan fingerprint density at radius 1 is 1.40 bits per heavy atom. The van der Waals surface area contributed by atoms with Crippen LogP contribution < -0.4 is 4.90 Å². The monoisotopic (exact) mass is 420 g/mol. The van der Waals surface area contributed by atoms with Crippen molar-refractivity contribution in [3.8, 4) is 0 Å². The van der Waals surface area contributed by atoms with E-state index < -0.39 is 11.3 Å². The molecule has 1 aromatic rings. The Balaban J connectivity index is 2.04. The summed E-state index contributed by atoms with van der Waals surface area (Å²) in [4.78, 5) is 18.3. The standard InChI is InChI=1S/C13H18Br2N2O2Si/c1-20(2,3)8-7-19-9-17-11-10(5-4-6-16-11)13(14,15)12(17)18/h4-6H,7-9H2,1-3H3. The molecule has 0 fully saturated rings. The average molecular weight is 422 g/mol. The minimum absolute atomic E-state index is 0.0980. The van der Waals surface area contributed by atoms with E-state index in [-0.39, 0.29) is 12.6 Å². The highest BCUT2D eigenvalue weighted by molar-refractivity contribution is 9.25. The number of carbonyl (C=O) groups excluding carboxylic acids is 1. The number of fused-ring (bicyclic) bond motifs is 1. The van der Waals surface area contributed by atoms with E-state index in [0.29, 0.717) is 12.4 Å². The molecule has 0 spiro atoms. The quantitative estimate of drug-likeness (QED) is 0.413. The zero-order valence-electron chi connectivity index (χ0n) is 11.8. The van der Waals surface area contributed by atoms with Crippen LogP contribution in [0, 0.1) is 0 Å². The van der Waals surface area contributed by atoms with Crippen molar-refractivity contribution in [2.45, 2.75) is 28.9 Å².